The van der Waals surface area contributed by atoms with Crippen LogP contribution in [-0.4, -0.2) is 46.0 Å². The molecule has 0 spiro atoms. The average Bonchev–Trinajstić information content (AvgIpc) is 2.83. The molecule has 1 heterocycles. The van der Waals surface area contributed by atoms with E-state index in [4.69, 9.17) is 5.11 Å². The Labute approximate surface area is 148 Å². The summed E-state index contributed by atoms with van der Waals surface area (Å²) in [7, 11) is 0. The van der Waals surface area contributed by atoms with Crippen molar-refractivity contribution in [2.75, 3.05) is 19.6 Å². The van der Waals surface area contributed by atoms with E-state index in [1.165, 1.54) is 5.56 Å². The molecule has 0 aliphatic heterocycles. The Balaban J connectivity index is 2.27. The lowest BCUT2D eigenvalue weighted by Gasteiger charge is -2.18. The fraction of sp³-hybridized carbons (Fsp3) is 0.400. The van der Waals surface area contributed by atoms with Crippen LogP contribution in [0.4, 0.5) is 0 Å². The van der Waals surface area contributed by atoms with E-state index in [9.17, 15) is 9.59 Å². The minimum absolute atomic E-state index is 0.0406. The van der Waals surface area contributed by atoms with Crippen LogP contribution in [0.5, 0.6) is 0 Å². The van der Waals surface area contributed by atoms with Crippen molar-refractivity contribution in [3.8, 4) is 5.69 Å². The predicted octanol–water partition coefficient (Wildman–Crippen LogP) is 3.38. The van der Waals surface area contributed by atoms with E-state index < -0.39 is 5.97 Å². The van der Waals surface area contributed by atoms with Gasteiger partial charge in [0.2, 0.25) is 0 Å². The second-order valence-electron chi connectivity index (χ2n) is 6.48. The molecule has 0 unspecified atom stereocenters. The molecule has 0 saturated carbocycles. The molecule has 25 heavy (non-hydrogen) atoms. The summed E-state index contributed by atoms with van der Waals surface area (Å²) in [4.78, 5) is 25.4. The molecule has 2 rings (SSSR count). The molecule has 1 aromatic heterocycles. The number of rotatable bonds is 8. The topological polar surface area (TPSA) is 62.5 Å². The van der Waals surface area contributed by atoms with E-state index in [2.05, 4.69) is 4.57 Å². The van der Waals surface area contributed by atoms with Gasteiger partial charge in [-0.05, 0) is 51.9 Å². The number of aromatic nitrogens is 1. The van der Waals surface area contributed by atoms with Crippen LogP contribution in [0.3, 0.4) is 0 Å². The second-order valence-corrected chi connectivity index (χ2v) is 6.48. The third kappa shape index (κ3) is 4.57. The van der Waals surface area contributed by atoms with Crippen molar-refractivity contribution >= 4 is 11.8 Å². The monoisotopic (exact) mass is 342 g/mol. The van der Waals surface area contributed by atoms with Crippen molar-refractivity contribution in [1.29, 1.82) is 0 Å². The number of aryl methyl sites for hydroxylation is 2. The Morgan fingerprint density at radius 2 is 1.72 bits per heavy atom. The summed E-state index contributed by atoms with van der Waals surface area (Å²) in [5.74, 6) is -0.951. The Kier molecular flexibility index (Phi) is 6.15. The highest BCUT2D eigenvalue weighted by Gasteiger charge is 2.20. The van der Waals surface area contributed by atoms with Gasteiger partial charge in [0.1, 0.15) is 0 Å². The van der Waals surface area contributed by atoms with Crippen LogP contribution in [0.2, 0.25) is 0 Å². The van der Waals surface area contributed by atoms with Crippen molar-refractivity contribution in [1.82, 2.24) is 9.47 Å². The first-order valence-corrected chi connectivity index (χ1v) is 8.56. The van der Waals surface area contributed by atoms with Gasteiger partial charge in [0.05, 0.1) is 13.1 Å². The third-order valence-corrected chi connectivity index (χ3v) is 4.29. The molecule has 0 radical (unpaired) electrons. The van der Waals surface area contributed by atoms with Gasteiger partial charge in [-0.3, -0.25) is 14.5 Å². The van der Waals surface area contributed by atoms with Gasteiger partial charge in [-0.15, -0.1) is 0 Å². The Morgan fingerprint density at radius 3 is 2.28 bits per heavy atom. The van der Waals surface area contributed by atoms with Gasteiger partial charge in [0.25, 0.3) is 0 Å². The Morgan fingerprint density at radius 1 is 1.08 bits per heavy atom. The molecular formula is C20H26N2O3. The van der Waals surface area contributed by atoms with Crippen LogP contribution in [0.1, 0.15) is 40.7 Å². The van der Waals surface area contributed by atoms with Crippen molar-refractivity contribution in [2.45, 2.75) is 34.1 Å². The molecule has 0 fully saturated rings. The molecule has 0 aliphatic rings. The minimum Gasteiger partial charge on any atom is -0.480 e. The van der Waals surface area contributed by atoms with Crippen molar-refractivity contribution < 1.29 is 14.7 Å². The highest BCUT2D eigenvalue weighted by atomic mass is 16.4. The zero-order valence-corrected chi connectivity index (χ0v) is 15.4. The first-order chi connectivity index (χ1) is 11.8. The van der Waals surface area contributed by atoms with E-state index in [0.29, 0.717) is 12.1 Å². The number of nitrogens with zero attached hydrogens (tertiary/aromatic N) is 2. The van der Waals surface area contributed by atoms with Crippen LogP contribution in [0.25, 0.3) is 5.69 Å². The molecule has 1 aromatic carbocycles. The highest BCUT2D eigenvalue weighted by molar-refractivity contribution is 5.99. The lowest BCUT2D eigenvalue weighted by Crippen LogP contribution is -2.35. The number of carboxylic acid groups (broad SMARTS) is 1. The zero-order valence-electron chi connectivity index (χ0n) is 15.4. The molecule has 0 aliphatic carbocycles. The molecule has 5 nitrogen and oxygen atoms in total. The molecular weight excluding hydrogens is 316 g/mol. The third-order valence-electron chi connectivity index (χ3n) is 4.29. The van der Waals surface area contributed by atoms with E-state index in [0.717, 1.165) is 23.5 Å². The van der Waals surface area contributed by atoms with Gasteiger partial charge < -0.3 is 9.67 Å². The van der Waals surface area contributed by atoms with E-state index >= 15 is 0 Å². The lowest BCUT2D eigenvalue weighted by molar-refractivity contribution is -0.138. The second kappa shape index (κ2) is 8.12. The van der Waals surface area contributed by atoms with Crippen LogP contribution in [0.15, 0.2) is 30.3 Å². The van der Waals surface area contributed by atoms with Crippen LogP contribution < -0.4 is 0 Å². The summed E-state index contributed by atoms with van der Waals surface area (Å²) in [5.41, 5.74) is 4.75. The maximum absolute atomic E-state index is 12.7. The van der Waals surface area contributed by atoms with Gasteiger partial charge >= 0.3 is 5.97 Å². The maximum atomic E-state index is 12.7. The fourth-order valence-corrected chi connectivity index (χ4v) is 3.15. The van der Waals surface area contributed by atoms with Crippen LogP contribution >= 0.6 is 0 Å². The van der Waals surface area contributed by atoms with Crippen LogP contribution in [0, 0.1) is 20.8 Å². The number of hydrogen-bond donors (Lipinski definition) is 1. The zero-order chi connectivity index (χ0) is 18.6. The smallest absolute Gasteiger partial charge is 0.317 e. The van der Waals surface area contributed by atoms with Crippen molar-refractivity contribution in [3.63, 3.8) is 0 Å². The van der Waals surface area contributed by atoms with Crippen molar-refractivity contribution in [3.05, 3.63) is 52.8 Å². The number of aliphatic carboxylic acids is 1. The molecule has 0 saturated heterocycles. The summed E-state index contributed by atoms with van der Waals surface area (Å²) >= 11 is 0. The van der Waals surface area contributed by atoms with Gasteiger partial charge in [-0.25, -0.2) is 0 Å². The van der Waals surface area contributed by atoms with Crippen molar-refractivity contribution in [2.24, 2.45) is 0 Å². The summed E-state index contributed by atoms with van der Waals surface area (Å²) in [5, 5.41) is 9.01. The molecule has 0 amide bonds. The number of carboxylic acids is 1. The van der Waals surface area contributed by atoms with Crippen LogP contribution in [-0.2, 0) is 4.79 Å². The summed E-state index contributed by atoms with van der Waals surface area (Å²) in [6.07, 6.45) is 0.808. The summed E-state index contributed by atoms with van der Waals surface area (Å²) in [6.45, 7) is 8.52. The number of benzene rings is 1. The van der Waals surface area contributed by atoms with Gasteiger partial charge in [-0.2, -0.15) is 0 Å². The summed E-state index contributed by atoms with van der Waals surface area (Å²) < 4.78 is 2.06. The first kappa shape index (κ1) is 18.9. The first-order valence-electron chi connectivity index (χ1n) is 8.56. The number of carbonyl (C=O) groups excluding carboxylic acids is 1. The molecule has 134 valence electrons. The number of carbonyl (C=O) groups is 2. The Hall–Kier alpha value is -2.40. The molecule has 0 bridgehead atoms. The minimum atomic E-state index is -0.911. The van der Waals surface area contributed by atoms with Gasteiger partial charge in [-0.1, -0.05) is 24.6 Å². The largest absolute Gasteiger partial charge is 0.480 e. The molecule has 2 aromatic rings. The number of Topliss-reactive ketones (excluding diaryl/α,β-unsaturated/α-hetero) is 1. The SMILES string of the molecule is CCCN(CC(=O)O)CC(=O)c1cc(C)n(-c2ccc(C)cc2)c1C. The summed E-state index contributed by atoms with van der Waals surface area (Å²) in [6, 6.07) is 10.1. The van der Waals surface area contributed by atoms with Gasteiger partial charge in [0.15, 0.2) is 5.78 Å². The van der Waals surface area contributed by atoms with Gasteiger partial charge in [0, 0.05) is 22.6 Å². The van der Waals surface area contributed by atoms with E-state index in [-0.39, 0.29) is 18.9 Å². The Bertz CT molecular complexity index is 760. The molecule has 0 atom stereocenters. The average molecular weight is 342 g/mol. The molecule has 5 heteroatoms. The number of hydrogen-bond acceptors (Lipinski definition) is 3. The lowest BCUT2D eigenvalue weighted by atomic mass is 10.1. The quantitative estimate of drug-likeness (QED) is 0.747. The maximum Gasteiger partial charge on any atom is 0.317 e. The highest BCUT2D eigenvalue weighted by Crippen LogP contribution is 2.22. The normalized spacial score (nSPS) is 11.1. The predicted molar refractivity (Wildman–Crippen MR) is 98.7 cm³/mol. The van der Waals surface area contributed by atoms with E-state index in [1.54, 1.807) is 4.90 Å². The molecule has 1 N–H and O–H groups in total. The number of ketones is 1. The fourth-order valence-electron chi connectivity index (χ4n) is 3.15. The standard InChI is InChI=1S/C20H26N2O3/c1-5-10-21(13-20(24)25)12-19(23)18-11-15(3)22(16(18)4)17-8-6-14(2)7-9-17/h6-9,11H,5,10,12-13H2,1-4H3,(H,24,25). The van der Waals surface area contributed by atoms with E-state index in [1.807, 2.05) is 58.0 Å².